The van der Waals surface area contributed by atoms with Crippen LogP contribution in [0.1, 0.15) is 19.4 Å². The van der Waals surface area contributed by atoms with Gasteiger partial charge in [0.25, 0.3) is 0 Å². The first-order valence-corrected chi connectivity index (χ1v) is 12.6. The Morgan fingerprint density at radius 2 is 1.61 bits per heavy atom. The van der Waals surface area contributed by atoms with Crippen LogP contribution in [0.25, 0.3) is 11.3 Å². The van der Waals surface area contributed by atoms with Gasteiger partial charge in [0.05, 0.1) is 17.7 Å². The van der Waals surface area contributed by atoms with E-state index in [9.17, 15) is 8.42 Å². The molecule has 4 rings (SSSR count). The lowest BCUT2D eigenvalue weighted by Gasteiger charge is -2.34. The molecule has 2 aromatic carbocycles. The van der Waals surface area contributed by atoms with Crippen LogP contribution in [0.2, 0.25) is 0 Å². The molecule has 1 aromatic heterocycles. The van der Waals surface area contributed by atoms with Crippen molar-refractivity contribution in [2.75, 3.05) is 38.2 Å². The first-order chi connectivity index (χ1) is 15.9. The number of piperazine rings is 1. The van der Waals surface area contributed by atoms with E-state index < -0.39 is 10.0 Å². The highest BCUT2D eigenvalue weighted by Gasteiger charge is 2.29. The van der Waals surface area contributed by atoms with Crippen LogP contribution in [0.3, 0.4) is 0 Å². The van der Waals surface area contributed by atoms with Gasteiger partial charge in [-0.05, 0) is 54.3 Å². The van der Waals surface area contributed by atoms with Crippen molar-refractivity contribution in [1.29, 1.82) is 0 Å². The molecule has 0 atom stereocenters. The average Bonchev–Trinajstić information content (AvgIpc) is 2.84. The van der Waals surface area contributed by atoms with Crippen LogP contribution in [0.15, 0.2) is 65.8 Å². The lowest BCUT2D eigenvalue weighted by atomic mass is 10.0. The molecule has 3 aromatic rings. The van der Waals surface area contributed by atoms with Gasteiger partial charge in [-0.1, -0.05) is 26.0 Å². The monoisotopic (exact) mass is 466 g/mol. The number of aromatic nitrogens is 2. The number of hydrogen-bond acceptors (Lipinski definition) is 6. The maximum absolute atomic E-state index is 13.1. The van der Waals surface area contributed by atoms with Gasteiger partial charge < -0.3 is 9.64 Å². The molecule has 0 aliphatic carbocycles. The highest BCUT2D eigenvalue weighted by molar-refractivity contribution is 7.89. The minimum atomic E-state index is -3.51. The fourth-order valence-electron chi connectivity index (χ4n) is 4.02. The SMILES string of the molecule is COc1ccc(-c2cc(N3CCN(S(=O)(=O)c4ccc(CC(C)C)cc4)CC3)ncn2)cc1. The number of nitrogens with zero attached hydrogens (tertiary/aromatic N) is 4. The van der Waals surface area contributed by atoms with Crippen LogP contribution in [0.5, 0.6) is 5.75 Å². The molecule has 7 nitrogen and oxygen atoms in total. The first kappa shape index (κ1) is 23.2. The van der Waals surface area contributed by atoms with E-state index in [4.69, 9.17) is 4.74 Å². The Hall–Kier alpha value is -2.97. The van der Waals surface area contributed by atoms with Gasteiger partial charge >= 0.3 is 0 Å². The van der Waals surface area contributed by atoms with E-state index in [1.54, 1.807) is 29.9 Å². The number of anilines is 1. The van der Waals surface area contributed by atoms with Crippen molar-refractivity contribution in [3.8, 4) is 17.0 Å². The molecule has 1 saturated heterocycles. The van der Waals surface area contributed by atoms with Gasteiger partial charge in [-0.2, -0.15) is 4.31 Å². The molecule has 33 heavy (non-hydrogen) atoms. The van der Waals surface area contributed by atoms with Crippen LogP contribution in [-0.4, -0.2) is 56.0 Å². The lowest BCUT2D eigenvalue weighted by Crippen LogP contribution is -2.48. The number of hydrogen-bond donors (Lipinski definition) is 0. The summed E-state index contributed by atoms with van der Waals surface area (Å²) < 4.78 is 33.0. The van der Waals surface area contributed by atoms with Crippen molar-refractivity contribution in [3.63, 3.8) is 0 Å². The summed E-state index contributed by atoms with van der Waals surface area (Å²) in [6.07, 6.45) is 2.49. The lowest BCUT2D eigenvalue weighted by molar-refractivity contribution is 0.384. The Morgan fingerprint density at radius 3 is 2.21 bits per heavy atom. The molecular formula is C25H30N4O3S. The molecule has 1 aliphatic heterocycles. The normalized spacial score (nSPS) is 15.1. The van der Waals surface area contributed by atoms with Crippen LogP contribution in [0, 0.1) is 5.92 Å². The molecule has 1 aliphatic rings. The van der Waals surface area contributed by atoms with Crippen LogP contribution in [-0.2, 0) is 16.4 Å². The zero-order valence-electron chi connectivity index (χ0n) is 19.3. The van der Waals surface area contributed by atoms with Gasteiger partial charge in [-0.25, -0.2) is 18.4 Å². The van der Waals surface area contributed by atoms with Gasteiger partial charge in [0, 0.05) is 37.8 Å². The minimum absolute atomic E-state index is 0.354. The zero-order valence-corrected chi connectivity index (χ0v) is 20.1. The number of rotatable bonds is 7. The highest BCUT2D eigenvalue weighted by atomic mass is 32.2. The zero-order chi connectivity index (χ0) is 23.4. The maximum Gasteiger partial charge on any atom is 0.243 e. The largest absolute Gasteiger partial charge is 0.497 e. The summed E-state index contributed by atoms with van der Waals surface area (Å²) in [5.41, 5.74) is 2.95. The summed E-state index contributed by atoms with van der Waals surface area (Å²) in [6, 6.07) is 17.0. The van der Waals surface area contributed by atoms with E-state index in [0.29, 0.717) is 37.0 Å². The second-order valence-corrected chi connectivity index (χ2v) is 10.6. The molecule has 0 unspecified atom stereocenters. The Balaban J connectivity index is 1.43. The molecule has 8 heteroatoms. The predicted octanol–water partition coefficient (Wildman–Crippen LogP) is 3.86. The summed E-state index contributed by atoms with van der Waals surface area (Å²) >= 11 is 0. The summed E-state index contributed by atoms with van der Waals surface area (Å²) in [5.74, 6) is 2.12. The van der Waals surface area contributed by atoms with Crippen LogP contribution < -0.4 is 9.64 Å². The fourth-order valence-corrected chi connectivity index (χ4v) is 5.44. The van der Waals surface area contributed by atoms with Crippen molar-refractivity contribution in [3.05, 3.63) is 66.5 Å². The summed E-state index contributed by atoms with van der Waals surface area (Å²) in [4.78, 5) is 11.3. The van der Waals surface area contributed by atoms with Gasteiger partial charge in [0.15, 0.2) is 0 Å². The molecule has 1 fully saturated rings. The fraction of sp³-hybridized carbons (Fsp3) is 0.360. The van der Waals surface area contributed by atoms with E-state index in [1.165, 1.54) is 0 Å². The van der Waals surface area contributed by atoms with Gasteiger partial charge in [0.2, 0.25) is 10.0 Å². The average molecular weight is 467 g/mol. The Bertz CT molecular complexity index is 1170. The van der Waals surface area contributed by atoms with Crippen molar-refractivity contribution in [2.24, 2.45) is 5.92 Å². The topological polar surface area (TPSA) is 75.6 Å². The number of ether oxygens (including phenoxy) is 1. The molecule has 0 spiro atoms. The van der Waals surface area contributed by atoms with Crippen LogP contribution >= 0.6 is 0 Å². The molecule has 0 saturated carbocycles. The molecular weight excluding hydrogens is 436 g/mol. The second-order valence-electron chi connectivity index (χ2n) is 8.62. The van der Waals surface area contributed by atoms with Crippen molar-refractivity contribution < 1.29 is 13.2 Å². The van der Waals surface area contributed by atoms with Gasteiger partial charge in [-0.3, -0.25) is 0 Å². The molecule has 0 N–H and O–H groups in total. The maximum atomic E-state index is 13.1. The van der Waals surface area contributed by atoms with E-state index >= 15 is 0 Å². The molecule has 0 amide bonds. The predicted molar refractivity (Wildman–Crippen MR) is 130 cm³/mol. The van der Waals surface area contributed by atoms with Gasteiger partial charge in [-0.15, -0.1) is 0 Å². The third-order valence-corrected chi connectivity index (χ3v) is 7.72. The van der Waals surface area contributed by atoms with E-state index in [-0.39, 0.29) is 0 Å². The summed E-state index contributed by atoms with van der Waals surface area (Å²) in [6.45, 7) is 6.28. The smallest absolute Gasteiger partial charge is 0.243 e. The molecule has 2 heterocycles. The molecule has 0 radical (unpaired) electrons. The Morgan fingerprint density at radius 1 is 0.939 bits per heavy atom. The summed E-state index contributed by atoms with van der Waals surface area (Å²) in [5, 5.41) is 0. The third-order valence-electron chi connectivity index (χ3n) is 5.81. The van der Waals surface area contributed by atoms with Gasteiger partial charge in [0.1, 0.15) is 17.9 Å². The molecule has 0 bridgehead atoms. The van der Waals surface area contributed by atoms with E-state index in [1.807, 2.05) is 42.5 Å². The minimum Gasteiger partial charge on any atom is -0.497 e. The van der Waals surface area contributed by atoms with Crippen molar-refractivity contribution >= 4 is 15.8 Å². The highest BCUT2D eigenvalue weighted by Crippen LogP contribution is 2.25. The standard InChI is InChI=1S/C25H30N4O3S/c1-19(2)16-20-4-10-23(11-5-20)33(30,31)29-14-12-28(13-15-29)25-17-24(26-18-27-25)21-6-8-22(32-3)9-7-21/h4-11,17-19H,12-16H2,1-3H3. The summed E-state index contributed by atoms with van der Waals surface area (Å²) in [7, 11) is -1.87. The first-order valence-electron chi connectivity index (χ1n) is 11.2. The Labute approximate surface area is 196 Å². The van der Waals surface area contributed by atoms with Crippen LogP contribution in [0.4, 0.5) is 5.82 Å². The Kier molecular flexibility index (Phi) is 6.95. The second kappa shape index (κ2) is 9.89. The third kappa shape index (κ3) is 5.34. The number of benzene rings is 2. The molecule has 174 valence electrons. The van der Waals surface area contributed by atoms with Crippen molar-refractivity contribution in [1.82, 2.24) is 14.3 Å². The van der Waals surface area contributed by atoms with E-state index in [0.717, 1.165) is 34.8 Å². The number of sulfonamides is 1. The number of methoxy groups -OCH3 is 1. The quantitative estimate of drug-likeness (QED) is 0.526. The van der Waals surface area contributed by atoms with Crippen molar-refractivity contribution in [2.45, 2.75) is 25.2 Å². The van der Waals surface area contributed by atoms with E-state index in [2.05, 4.69) is 28.7 Å².